The zero-order valence-corrected chi connectivity index (χ0v) is 12.1. The molecule has 4 heteroatoms. The van der Waals surface area contributed by atoms with E-state index in [1.165, 1.54) is 0 Å². The standard InChI is InChI=1S/C14H10BrNOS/c1-17-12-3-5-13(6-4-12)18-14-7-2-11(15)8-10(14)9-16/h2-8H,1H3. The first-order valence-electron chi connectivity index (χ1n) is 5.24. The Morgan fingerprint density at radius 2 is 1.89 bits per heavy atom. The summed E-state index contributed by atoms with van der Waals surface area (Å²) in [7, 11) is 1.64. The van der Waals surface area contributed by atoms with E-state index in [1.807, 2.05) is 42.5 Å². The van der Waals surface area contributed by atoms with Crippen LogP contribution in [0.25, 0.3) is 0 Å². The summed E-state index contributed by atoms with van der Waals surface area (Å²) < 4.78 is 6.03. The van der Waals surface area contributed by atoms with Gasteiger partial charge in [0.25, 0.3) is 0 Å². The molecule has 0 atom stereocenters. The molecule has 0 aliphatic carbocycles. The Hall–Kier alpha value is -1.44. The third-order valence-corrected chi connectivity index (χ3v) is 3.93. The van der Waals surface area contributed by atoms with E-state index in [4.69, 9.17) is 10.00 Å². The van der Waals surface area contributed by atoms with E-state index in [0.29, 0.717) is 5.56 Å². The van der Waals surface area contributed by atoms with Crippen molar-refractivity contribution in [2.24, 2.45) is 0 Å². The number of halogens is 1. The van der Waals surface area contributed by atoms with Gasteiger partial charge in [0, 0.05) is 14.3 Å². The van der Waals surface area contributed by atoms with Gasteiger partial charge in [0.05, 0.1) is 12.7 Å². The van der Waals surface area contributed by atoms with E-state index in [2.05, 4.69) is 22.0 Å². The Balaban J connectivity index is 2.25. The maximum absolute atomic E-state index is 9.10. The van der Waals surface area contributed by atoms with Gasteiger partial charge in [-0.25, -0.2) is 0 Å². The molecule has 0 aliphatic rings. The van der Waals surface area contributed by atoms with E-state index in [-0.39, 0.29) is 0 Å². The molecule has 0 saturated carbocycles. The molecule has 0 N–H and O–H groups in total. The van der Waals surface area contributed by atoms with Crippen molar-refractivity contribution in [3.05, 3.63) is 52.5 Å². The highest BCUT2D eigenvalue weighted by atomic mass is 79.9. The summed E-state index contributed by atoms with van der Waals surface area (Å²) in [5.41, 5.74) is 0.671. The number of nitriles is 1. The van der Waals surface area contributed by atoms with E-state index >= 15 is 0 Å². The summed E-state index contributed by atoms with van der Waals surface area (Å²) in [6.45, 7) is 0. The molecule has 0 amide bonds. The second kappa shape index (κ2) is 5.94. The molecule has 0 unspecified atom stereocenters. The van der Waals surface area contributed by atoms with Crippen molar-refractivity contribution < 1.29 is 4.74 Å². The summed E-state index contributed by atoms with van der Waals surface area (Å²) in [6.07, 6.45) is 0. The van der Waals surface area contributed by atoms with E-state index < -0.39 is 0 Å². The molecule has 2 aromatic carbocycles. The molecule has 2 aromatic rings. The maximum Gasteiger partial charge on any atom is 0.118 e. The van der Waals surface area contributed by atoms with Crippen LogP contribution in [0, 0.1) is 11.3 Å². The predicted octanol–water partition coefficient (Wildman–Crippen LogP) is 4.48. The van der Waals surface area contributed by atoms with Crippen LogP contribution in [-0.4, -0.2) is 7.11 Å². The lowest BCUT2D eigenvalue weighted by atomic mass is 10.2. The van der Waals surface area contributed by atoms with Crippen LogP contribution >= 0.6 is 27.7 Å². The molecule has 0 aromatic heterocycles. The second-order valence-corrected chi connectivity index (χ2v) is 5.56. The molecule has 0 spiro atoms. The Kier molecular flexibility index (Phi) is 4.29. The SMILES string of the molecule is COc1ccc(Sc2ccc(Br)cc2C#N)cc1. The number of hydrogen-bond donors (Lipinski definition) is 0. The van der Waals surface area contributed by atoms with Gasteiger partial charge in [0.1, 0.15) is 11.8 Å². The minimum Gasteiger partial charge on any atom is -0.497 e. The molecule has 0 fully saturated rings. The molecule has 0 radical (unpaired) electrons. The van der Waals surface area contributed by atoms with Crippen molar-refractivity contribution in [2.45, 2.75) is 9.79 Å². The molecular weight excluding hydrogens is 310 g/mol. The average molecular weight is 320 g/mol. The molecular formula is C14H10BrNOS. The molecule has 0 aliphatic heterocycles. The molecule has 90 valence electrons. The van der Waals surface area contributed by atoms with E-state index in [0.717, 1.165) is 20.0 Å². The largest absolute Gasteiger partial charge is 0.497 e. The quantitative estimate of drug-likeness (QED) is 0.836. The van der Waals surface area contributed by atoms with Gasteiger partial charge in [0.15, 0.2) is 0 Å². The molecule has 2 rings (SSSR count). The number of benzene rings is 2. The van der Waals surface area contributed by atoms with Gasteiger partial charge in [0.2, 0.25) is 0 Å². The minimum atomic E-state index is 0.671. The Bertz CT molecular complexity index is 590. The number of methoxy groups -OCH3 is 1. The molecule has 0 saturated heterocycles. The van der Waals surface area contributed by atoms with Crippen LogP contribution in [-0.2, 0) is 0 Å². The number of nitrogens with zero attached hydrogens (tertiary/aromatic N) is 1. The van der Waals surface area contributed by atoms with E-state index in [9.17, 15) is 0 Å². The van der Waals surface area contributed by atoms with Crippen LogP contribution in [0.1, 0.15) is 5.56 Å². The lowest BCUT2D eigenvalue weighted by Gasteiger charge is -2.05. The van der Waals surface area contributed by atoms with Crippen molar-refractivity contribution in [3.63, 3.8) is 0 Å². The Morgan fingerprint density at radius 1 is 1.17 bits per heavy atom. The summed E-state index contributed by atoms with van der Waals surface area (Å²) in [6, 6.07) is 15.7. The summed E-state index contributed by atoms with van der Waals surface area (Å²) in [5, 5.41) is 9.10. The van der Waals surface area contributed by atoms with Gasteiger partial charge in [-0.15, -0.1) is 0 Å². The van der Waals surface area contributed by atoms with Gasteiger partial charge >= 0.3 is 0 Å². The van der Waals surface area contributed by atoms with Gasteiger partial charge in [-0.1, -0.05) is 27.7 Å². The van der Waals surface area contributed by atoms with E-state index in [1.54, 1.807) is 18.9 Å². The maximum atomic E-state index is 9.10. The van der Waals surface area contributed by atoms with Gasteiger partial charge in [-0.2, -0.15) is 5.26 Å². The van der Waals surface area contributed by atoms with Crippen LogP contribution in [0.15, 0.2) is 56.7 Å². The van der Waals surface area contributed by atoms with Gasteiger partial charge in [-0.05, 0) is 42.5 Å². The molecule has 0 bridgehead atoms. The lowest BCUT2D eigenvalue weighted by molar-refractivity contribution is 0.414. The van der Waals surface area contributed by atoms with Crippen molar-refractivity contribution in [3.8, 4) is 11.8 Å². The normalized spacial score (nSPS) is 9.83. The fourth-order valence-corrected chi connectivity index (χ4v) is 2.69. The van der Waals surface area contributed by atoms with Crippen LogP contribution in [0.5, 0.6) is 5.75 Å². The molecule has 2 nitrogen and oxygen atoms in total. The van der Waals surface area contributed by atoms with Crippen molar-refractivity contribution >= 4 is 27.7 Å². The van der Waals surface area contributed by atoms with Crippen molar-refractivity contribution in [2.75, 3.05) is 7.11 Å². The van der Waals surface area contributed by atoms with Crippen molar-refractivity contribution in [1.29, 1.82) is 5.26 Å². The smallest absolute Gasteiger partial charge is 0.118 e. The predicted molar refractivity (Wildman–Crippen MR) is 76.0 cm³/mol. The highest BCUT2D eigenvalue weighted by molar-refractivity contribution is 9.10. The van der Waals surface area contributed by atoms with Crippen LogP contribution < -0.4 is 4.74 Å². The topological polar surface area (TPSA) is 33.0 Å². The minimum absolute atomic E-state index is 0.671. The first-order valence-corrected chi connectivity index (χ1v) is 6.85. The Labute approximate surface area is 119 Å². The monoisotopic (exact) mass is 319 g/mol. The van der Waals surface area contributed by atoms with Crippen LogP contribution in [0.3, 0.4) is 0 Å². The lowest BCUT2D eigenvalue weighted by Crippen LogP contribution is -1.83. The zero-order valence-electron chi connectivity index (χ0n) is 9.68. The zero-order chi connectivity index (χ0) is 13.0. The van der Waals surface area contributed by atoms with Crippen molar-refractivity contribution in [1.82, 2.24) is 0 Å². The average Bonchev–Trinajstić information content (AvgIpc) is 2.41. The highest BCUT2D eigenvalue weighted by Gasteiger charge is 2.05. The number of rotatable bonds is 3. The van der Waals surface area contributed by atoms with Gasteiger partial charge < -0.3 is 4.74 Å². The molecule has 0 heterocycles. The first kappa shape index (κ1) is 13.0. The third-order valence-electron chi connectivity index (χ3n) is 2.35. The summed E-state index contributed by atoms with van der Waals surface area (Å²) >= 11 is 4.93. The third kappa shape index (κ3) is 3.06. The summed E-state index contributed by atoms with van der Waals surface area (Å²) in [4.78, 5) is 2.03. The van der Waals surface area contributed by atoms with Gasteiger partial charge in [-0.3, -0.25) is 0 Å². The van der Waals surface area contributed by atoms with Crippen LogP contribution in [0.2, 0.25) is 0 Å². The molecule has 18 heavy (non-hydrogen) atoms. The van der Waals surface area contributed by atoms with Crippen LogP contribution in [0.4, 0.5) is 0 Å². The highest BCUT2D eigenvalue weighted by Crippen LogP contribution is 2.32. The number of ether oxygens (including phenoxy) is 1. The number of hydrogen-bond acceptors (Lipinski definition) is 3. The first-order chi connectivity index (χ1) is 8.72. The second-order valence-electron chi connectivity index (χ2n) is 3.53. The summed E-state index contributed by atoms with van der Waals surface area (Å²) in [5.74, 6) is 0.829. The fraction of sp³-hybridized carbons (Fsp3) is 0.0714. The Morgan fingerprint density at radius 3 is 2.50 bits per heavy atom. The fourth-order valence-electron chi connectivity index (χ4n) is 1.45.